The van der Waals surface area contributed by atoms with Crippen molar-refractivity contribution < 1.29 is 4.92 Å². The first kappa shape index (κ1) is 13.0. The van der Waals surface area contributed by atoms with Gasteiger partial charge in [-0.3, -0.25) is 15.5 Å². The van der Waals surface area contributed by atoms with Crippen LogP contribution in [0.3, 0.4) is 0 Å². The van der Waals surface area contributed by atoms with Gasteiger partial charge in [-0.15, -0.1) is 0 Å². The van der Waals surface area contributed by atoms with E-state index in [1.165, 1.54) is 6.07 Å². The first-order valence-corrected chi connectivity index (χ1v) is 5.82. The van der Waals surface area contributed by atoms with Gasteiger partial charge < -0.3 is 0 Å². The summed E-state index contributed by atoms with van der Waals surface area (Å²) in [7, 11) is 0. The summed E-state index contributed by atoms with van der Waals surface area (Å²) in [6.07, 6.45) is 1.56. The molecule has 0 heterocycles. The Morgan fingerprint density at radius 3 is 2.53 bits per heavy atom. The highest BCUT2D eigenvalue weighted by Crippen LogP contribution is 2.22. The highest BCUT2D eigenvalue weighted by atomic mass is 35.5. The molecule has 0 atom stereocenters. The zero-order chi connectivity index (χ0) is 13.7. The molecule has 0 aliphatic carbocycles. The number of hydrogen-bond donors (Lipinski definition) is 1. The fraction of sp³-hybridized carbons (Fsp3) is 0. The van der Waals surface area contributed by atoms with Crippen LogP contribution in [-0.2, 0) is 0 Å². The number of anilines is 1. The summed E-state index contributed by atoms with van der Waals surface area (Å²) in [5.74, 6) is 0. The Labute approximate surface area is 114 Å². The molecule has 96 valence electrons. The van der Waals surface area contributed by atoms with Crippen LogP contribution < -0.4 is 5.43 Å². The fourth-order valence-corrected chi connectivity index (χ4v) is 1.58. The molecule has 19 heavy (non-hydrogen) atoms. The Kier molecular flexibility index (Phi) is 4.10. The van der Waals surface area contributed by atoms with Crippen LogP contribution in [-0.4, -0.2) is 11.1 Å². The minimum atomic E-state index is -0.458. The maximum Gasteiger partial charge on any atom is 0.294 e. The molecule has 0 radical (unpaired) electrons. The van der Waals surface area contributed by atoms with Crippen LogP contribution in [0.25, 0.3) is 0 Å². The van der Waals surface area contributed by atoms with Gasteiger partial charge in [-0.25, -0.2) is 0 Å². The lowest BCUT2D eigenvalue weighted by Gasteiger charge is -2.01. The van der Waals surface area contributed by atoms with E-state index in [4.69, 9.17) is 11.6 Å². The third-order valence-electron chi connectivity index (χ3n) is 2.37. The van der Waals surface area contributed by atoms with E-state index < -0.39 is 4.92 Å². The number of nitrogens with one attached hydrogen (secondary N) is 1. The highest BCUT2D eigenvalue weighted by Gasteiger charge is 2.10. The molecule has 2 aromatic rings. The van der Waals surface area contributed by atoms with E-state index >= 15 is 0 Å². The largest absolute Gasteiger partial charge is 0.294 e. The predicted molar refractivity (Wildman–Crippen MR) is 75.8 cm³/mol. The quantitative estimate of drug-likeness (QED) is 0.525. The van der Waals surface area contributed by atoms with Crippen molar-refractivity contribution in [2.45, 2.75) is 0 Å². The van der Waals surface area contributed by atoms with Gasteiger partial charge in [0.2, 0.25) is 0 Å². The first-order chi connectivity index (χ1) is 9.16. The van der Waals surface area contributed by atoms with Crippen LogP contribution in [0, 0.1) is 10.1 Å². The van der Waals surface area contributed by atoms with Gasteiger partial charge in [0.1, 0.15) is 5.69 Å². The number of halogens is 1. The summed E-state index contributed by atoms with van der Waals surface area (Å²) >= 11 is 5.76. The van der Waals surface area contributed by atoms with E-state index in [0.29, 0.717) is 10.7 Å². The average molecular weight is 276 g/mol. The van der Waals surface area contributed by atoms with Crippen LogP contribution in [0.1, 0.15) is 5.56 Å². The molecule has 2 aromatic carbocycles. The fourth-order valence-electron chi connectivity index (χ4n) is 1.45. The molecule has 0 unspecified atom stereocenters. The zero-order valence-corrected chi connectivity index (χ0v) is 10.5. The Morgan fingerprint density at radius 2 is 1.84 bits per heavy atom. The second kappa shape index (κ2) is 5.97. The normalized spacial score (nSPS) is 10.6. The third-order valence-corrected chi connectivity index (χ3v) is 2.62. The molecule has 1 N–H and O–H groups in total. The second-order valence-corrected chi connectivity index (χ2v) is 4.13. The Hall–Kier alpha value is -2.40. The maximum atomic E-state index is 10.8. The molecule has 0 saturated heterocycles. The zero-order valence-electron chi connectivity index (χ0n) is 9.79. The van der Waals surface area contributed by atoms with Gasteiger partial charge in [0.25, 0.3) is 5.69 Å². The van der Waals surface area contributed by atoms with E-state index in [9.17, 15) is 10.1 Å². The van der Waals surface area contributed by atoms with Crippen molar-refractivity contribution in [3.05, 3.63) is 69.2 Å². The number of hydrazone groups is 1. The van der Waals surface area contributed by atoms with Crippen molar-refractivity contribution >= 4 is 29.2 Å². The SMILES string of the molecule is O=[N+]([O-])c1ccccc1NN=Cc1ccc(Cl)cc1. The van der Waals surface area contributed by atoms with Crippen LogP contribution in [0.2, 0.25) is 5.02 Å². The van der Waals surface area contributed by atoms with E-state index in [2.05, 4.69) is 10.5 Å². The maximum absolute atomic E-state index is 10.8. The lowest BCUT2D eigenvalue weighted by Crippen LogP contribution is -1.96. The second-order valence-electron chi connectivity index (χ2n) is 3.70. The van der Waals surface area contributed by atoms with Gasteiger partial charge in [0.05, 0.1) is 11.1 Å². The van der Waals surface area contributed by atoms with Crippen molar-refractivity contribution in [1.82, 2.24) is 0 Å². The summed E-state index contributed by atoms with van der Waals surface area (Å²) in [5.41, 5.74) is 3.82. The van der Waals surface area contributed by atoms with Crippen LogP contribution >= 0.6 is 11.6 Å². The molecule has 0 saturated carbocycles. The number of hydrogen-bond acceptors (Lipinski definition) is 4. The molecule has 5 nitrogen and oxygen atoms in total. The first-order valence-electron chi connectivity index (χ1n) is 5.45. The molecule has 0 amide bonds. The average Bonchev–Trinajstić information content (AvgIpc) is 2.41. The van der Waals surface area contributed by atoms with Gasteiger partial charge in [0, 0.05) is 11.1 Å². The van der Waals surface area contributed by atoms with Gasteiger partial charge >= 0.3 is 0 Å². The van der Waals surface area contributed by atoms with E-state index in [1.54, 1.807) is 48.7 Å². The molecular weight excluding hydrogens is 266 g/mol. The summed E-state index contributed by atoms with van der Waals surface area (Å²) in [6, 6.07) is 13.4. The van der Waals surface area contributed by atoms with E-state index in [-0.39, 0.29) is 5.69 Å². The number of rotatable bonds is 4. The molecule has 0 fully saturated rings. The van der Waals surface area contributed by atoms with Gasteiger partial charge in [-0.2, -0.15) is 5.10 Å². The van der Waals surface area contributed by atoms with Gasteiger partial charge in [-0.05, 0) is 23.8 Å². The molecule has 2 rings (SSSR count). The van der Waals surface area contributed by atoms with Crippen LogP contribution in [0.5, 0.6) is 0 Å². The lowest BCUT2D eigenvalue weighted by atomic mass is 10.2. The predicted octanol–water partition coefficient (Wildman–Crippen LogP) is 3.69. The third kappa shape index (κ3) is 3.53. The minimum Gasteiger partial charge on any atom is -0.272 e. The number of para-hydroxylation sites is 2. The molecule has 0 aliphatic rings. The topological polar surface area (TPSA) is 67.5 Å². The molecule has 6 heteroatoms. The van der Waals surface area contributed by atoms with Gasteiger partial charge in [0.15, 0.2) is 0 Å². The van der Waals surface area contributed by atoms with Crippen molar-refractivity contribution in [3.63, 3.8) is 0 Å². The Morgan fingerprint density at radius 1 is 1.16 bits per heavy atom. The Bertz CT molecular complexity index is 612. The summed E-state index contributed by atoms with van der Waals surface area (Å²) in [4.78, 5) is 10.3. The van der Waals surface area contributed by atoms with Crippen molar-refractivity contribution in [1.29, 1.82) is 0 Å². The molecule has 0 aliphatic heterocycles. The van der Waals surface area contributed by atoms with E-state index in [0.717, 1.165) is 5.56 Å². The molecule has 0 spiro atoms. The number of benzene rings is 2. The standard InChI is InChI=1S/C13H10ClN3O2/c14-11-7-5-10(6-8-11)9-15-16-12-3-1-2-4-13(12)17(18)19/h1-9,16H. The van der Waals surface area contributed by atoms with E-state index in [1.807, 2.05) is 0 Å². The number of nitrogens with zero attached hydrogens (tertiary/aromatic N) is 2. The van der Waals surface area contributed by atoms with Crippen LogP contribution in [0.4, 0.5) is 11.4 Å². The number of nitro benzene ring substituents is 1. The number of nitro groups is 1. The summed E-state index contributed by atoms with van der Waals surface area (Å²) in [6.45, 7) is 0. The summed E-state index contributed by atoms with van der Waals surface area (Å²) < 4.78 is 0. The molecular formula is C13H10ClN3O2. The van der Waals surface area contributed by atoms with Crippen molar-refractivity contribution in [3.8, 4) is 0 Å². The molecule has 0 bridgehead atoms. The van der Waals surface area contributed by atoms with Gasteiger partial charge in [-0.1, -0.05) is 35.9 Å². The minimum absolute atomic E-state index is 0.0178. The highest BCUT2D eigenvalue weighted by molar-refractivity contribution is 6.30. The smallest absolute Gasteiger partial charge is 0.272 e. The monoisotopic (exact) mass is 275 g/mol. The van der Waals surface area contributed by atoms with Crippen molar-refractivity contribution in [2.75, 3.05) is 5.43 Å². The summed E-state index contributed by atoms with van der Waals surface area (Å²) in [5, 5.41) is 15.4. The lowest BCUT2D eigenvalue weighted by molar-refractivity contribution is -0.384. The van der Waals surface area contributed by atoms with Crippen LogP contribution in [0.15, 0.2) is 53.6 Å². The Balaban J connectivity index is 2.10. The molecule has 0 aromatic heterocycles. The van der Waals surface area contributed by atoms with Crippen molar-refractivity contribution in [2.24, 2.45) is 5.10 Å².